The number of hydrogen-bond donors (Lipinski definition) is 3. The molecule has 0 fully saturated rings. The molecule has 1 amide bonds. The van der Waals surface area contributed by atoms with Crippen LogP contribution in [0.4, 0.5) is 4.79 Å². The van der Waals surface area contributed by atoms with Crippen molar-refractivity contribution in [3.63, 3.8) is 0 Å². The maximum absolute atomic E-state index is 11.7. The van der Waals surface area contributed by atoms with Crippen LogP contribution in [-0.4, -0.2) is 26.9 Å². The van der Waals surface area contributed by atoms with Crippen molar-refractivity contribution >= 4 is 17.7 Å². The van der Waals surface area contributed by atoms with Crippen molar-refractivity contribution in [2.45, 2.75) is 45.3 Å². The first-order valence-corrected chi connectivity index (χ1v) is 8.96. The molecule has 1 aromatic heterocycles. The summed E-state index contributed by atoms with van der Waals surface area (Å²) in [4.78, 5) is 15.7. The van der Waals surface area contributed by atoms with Crippen LogP contribution in [0.5, 0.6) is 5.75 Å². The van der Waals surface area contributed by atoms with Gasteiger partial charge in [0.25, 0.3) is 0 Å². The molecular formula is C20H25ClN2O4. The number of nitrogens with two attached hydrogens (primary N) is 1. The minimum Gasteiger partial charge on any atom is -0.508 e. The van der Waals surface area contributed by atoms with Gasteiger partial charge in [0.1, 0.15) is 16.5 Å². The number of carbonyl (C=O) groups is 1. The molecule has 1 heterocycles. The molecule has 6 nitrogen and oxygen atoms in total. The molecule has 0 saturated heterocycles. The molecule has 7 heteroatoms. The quantitative estimate of drug-likeness (QED) is 0.644. The smallest absolute Gasteiger partial charge is 0.405 e. The number of rotatable bonds is 6. The number of phenols is 1. The summed E-state index contributed by atoms with van der Waals surface area (Å²) in [6.45, 7) is 5.76. The second kappa shape index (κ2) is 8.15. The summed E-state index contributed by atoms with van der Waals surface area (Å²) in [5.41, 5.74) is 5.15. The first-order valence-electron chi connectivity index (χ1n) is 8.58. The normalized spacial score (nSPS) is 15.0. The molecule has 0 aliphatic heterocycles. The Morgan fingerprint density at radius 1 is 1.22 bits per heavy atom. The van der Waals surface area contributed by atoms with Gasteiger partial charge in [0, 0.05) is 24.5 Å². The Labute approximate surface area is 163 Å². The van der Waals surface area contributed by atoms with Crippen molar-refractivity contribution in [1.29, 1.82) is 0 Å². The lowest BCUT2D eigenvalue weighted by Crippen LogP contribution is -2.51. The van der Waals surface area contributed by atoms with E-state index in [-0.39, 0.29) is 12.2 Å². The molecule has 2 rings (SSSR count). The van der Waals surface area contributed by atoms with Crippen LogP contribution in [0.3, 0.4) is 0 Å². The number of nitrogens with zero attached hydrogens (tertiary/aromatic N) is 1. The van der Waals surface area contributed by atoms with Crippen LogP contribution in [0.25, 0.3) is 0 Å². The van der Waals surface area contributed by atoms with Gasteiger partial charge >= 0.3 is 6.09 Å². The van der Waals surface area contributed by atoms with Gasteiger partial charge in [-0.25, -0.2) is 9.78 Å². The zero-order chi connectivity index (χ0) is 20.2. The van der Waals surface area contributed by atoms with E-state index < -0.39 is 23.2 Å². The zero-order valence-corrected chi connectivity index (χ0v) is 16.4. The number of benzene rings is 1. The van der Waals surface area contributed by atoms with Crippen molar-refractivity contribution in [3.8, 4) is 5.75 Å². The van der Waals surface area contributed by atoms with Crippen LogP contribution >= 0.6 is 11.6 Å². The van der Waals surface area contributed by atoms with Crippen LogP contribution < -0.4 is 5.73 Å². The van der Waals surface area contributed by atoms with E-state index in [9.17, 15) is 15.0 Å². The molecule has 2 aromatic rings. The monoisotopic (exact) mass is 392 g/mol. The summed E-state index contributed by atoms with van der Waals surface area (Å²) >= 11 is 5.81. The first kappa shape index (κ1) is 21.0. The van der Waals surface area contributed by atoms with Crippen molar-refractivity contribution in [2.75, 3.05) is 0 Å². The standard InChI is InChI=1S/C20H25ClN2O4/c1-19(2,3)20(27-18(22)26,10-13-4-7-15(24)8-5-13)11-16(25)14-6-9-17(21)23-12-14/h4-9,12,16,24-25H,10-11H2,1-3H3,(H2,22,26)/t16-,20?/m1/s1. The lowest BCUT2D eigenvalue weighted by molar-refractivity contribution is -0.0931. The molecule has 1 aromatic carbocycles. The Bertz CT molecular complexity index is 772. The third-order valence-electron chi connectivity index (χ3n) is 4.75. The number of pyridine rings is 1. The number of carbonyl (C=O) groups excluding carboxylic acids is 1. The fourth-order valence-electron chi connectivity index (χ4n) is 3.02. The number of phenolic OH excluding ortho intramolecular Hbond substituents is 1. The van der Waals surface area contributed by atoms with Crippen LogP contribution in [0.15, 0.2) is 42.6 Å². The van der Waals surface area contributed by atoms with Crippen LogP contribution in [-0.2, 0) is 11.2 Å². The van der Waals surface area contributed by atoms with E-state index in [0.717, 1.165) is 5.56 Å². The molecule has 1 unspecified atom stereocenters. The molecule has 0 saturated carbocycles. The fourth-order valence-corrected chi connectivity index (χ4v) is 3.14. The highest BCUT2D eigenvalue weighted by Gasteiger charge is 2.47. The van der Waals surface area contributed by atoms with Gasteiger partial charge in [0.15, 0.2) is 0 Å². The molecule has 0 aliphatic rings. The predicted octanol–water partition coefficient (Wildman–Crippen LogP) is 3.99. The van der Waals surface area contributed by atoms with E-state index in [4.69, 9.17) is 22.1 Å². The van der Waals surface area contributed by atoms with E-state index >= 15 is 0 Å². The molecule has 2 atom stereocenters. The van der Waals surface area contributed by atoms with Crippen molar-refractivity contribution < 1.29 is 19.7 Å². The van der Waals surface area contributed by atoms with Gasteiger partial charge in [0.2, 0.25) is 0 Å². The Morgan fingerprint density at radius 2 is 1.85 bits per heavy atom. The van der Waals surface area contributed by atoms with E-state index in [0.29, 0.717) is 17.1 Å². The summed E-state index contributed by atoms with van der Waals surface area (Å²) in [5, 5.41) is 20.6. The molecule has 0 spiro atoms. The average molecular weight is 393 g/mol. The molecule has 27 heavy (non-hydrogen) atoms. The Kier molecular flexibility index (Phi) is 6.34. The fraction of sp³-hybridized carbons (Fsp3) is 0.400. The zero-order valence-electron chi connectivity index (χ0n) is 15.6. The molecule has 0 radical (unpaired) electrons. The third kappa shape index (κ3) is 5.34. The summed E-state index contributed by atoms with van der Waals surface area (Å²) in [5.74, 6) is 0.142. The molecule has 0 bridgehead atoms. The number of aliphatic hydroxyl groups is 1. The third-order valence-corrected chi connectivity index (χ3v) is 4.97. The number of ether oxygens (including phenoxy) is 1. The van der Waals surface area contributed by atoms with E-state index in [2.05, 4.69) is 4.98 Å². The second-order valence-corrected chi connectivity index (χ2v) is 8.03. The number of hydrogen-bond acceptors (Lipinski definition) is 5. The number of aliphatic hydroxyl groups excluding tert-OH is 1. The number of aromatic hydroxyl groups is 1. The number of amides is 1. The molecule has 4 N–H and O–H groups in total. The van der Waals surface area contributed by atoms with Crippen molar-refractivity contribution in [3.05, 3.63) is 58.9 Å². The van der Waals surface area contributed by atoms with Gasteiger partial charge in [-0.1, -0.05) is 50.6 Å². The lowest BCUT2D eigenvalue weighted by atomic mass is 9.69. The van der Waals surface area contributed by atoms with Gasteiger partial charge in [-0.05, 0) is 29.3 Å². The maximum atomic E-state index is 11.7. The average Bonchev–Trinajstić information content (AvgIpc) is 2.56. The second-order valence-electron chi connectivity index (χ2n) is 7.64. The predicted molar refractivity (Wildman–Crippen MR) is 103 cm³/mol. The summed E-state index contributed by atoms with van der Waals surface area (Å²) in [7, 11) is 0. The van der Waals surface area contributed by atoms with Gasteiger partial charge in [0.05, 0.1) is 6.10 Å². The van der Waals surface area contributed by atoms with Crippen molar-refractivity contribution in [1.82, 2.24) is 4.98 Å². The van der Waals surface area contributed by atoms with Crippen LogP contribution in [0, 0.1) is 5.41 Å². The lowest BCUT2D eigenvalue weighted by Gasteiger charge is -2.45. The Hall–Kier alpha value is -2.31. The van der Waals surface area contributed by atoms with Crippen LogP contribution in [0.1, 0.15) is 44.4 Å². The molecule has 146 valence electrons. The minimum absolute atomic E-state index is 0.115. The van der Waals surface area contributed by atoms with Gasteiger partial charge in [-0.3, -0.25) is 0 Å². The highest BCUT2D eigenvalue weighted by atomic mass is 35.5. The number of primary amides is 1. The van der Waals surface area contributed by atoms with E-state index in [1.807, 2.05) is 20.8 Å². The highest BCUT2D eigenvalue weighted by molar-refractivity contribution is 6.29. The SMILES string of the molecule is CC(C)(C)C(Cc1ccc(O)cc1)(C[C@@H](O)c1ccc(Cl)nc1)OC(N)=O. The highest BCUT2D eigenvalue weighted by Crippen LogP contribution is 2.43. The van der Waals surface area contributed by atoms with E-state index in [1.54, 1.807) is 36.4 Å². The first-order chi connectivity index (χ1) is 12.5. The van der Waals surface area contributed by atoms with Gasteiger partial charge < -0.3 is 20.7 Å². The van der Waals surface area contributed by atoms with Gasteiger partial charge in [-0.15, -0.1) is 0 Å². The van der Waals surface area contributed by atoms with Crippen molar-refractivity contribution in [2.24, 2.45) is 11.1 Å². The Balaban J connectivity index is 2.41. The van der Waals surface area contributed by atoms with E-state index in [1.165, 1.54) is 6.20 Å². The maximum Gasteiger partial charge on any atom is 0.405 e. The Morgan fingerprint density at radius 3 is 2.33 bits per heavy atom. The number of aromatic nitrogens is 1. The largest absolute Gasteiger partial charge is 0.508 e. The molecule has 0 aliphatic carbocycles. The number of halogens is 1. The summed E-state index contributed by atoms with van der Waals surface area (Å²) < 4.78 is 5.62. The summed E-state index contributed by atoms with van der Waals surface area (Å²) in [6.07, 6.45) is 0.0720. The summed E-state index contributed by atoms with van der Waals surface area (Å²) in [6, 6.07) is 9.89. The van der Waals surface area contributed by atoms with Crippen LogP contribution in [0.2, 0.25) is 5.15 Å². The molecular weight excluding hydrogens is 368 g/mol. The minimum atomic E-state index is -1.09. The van der Waals surface area contributed by atoms with Gasteiger partial charge in [-0.2, -0.15) is 0 Å². The topological polar surface area (TPSA) is 106 Å².